The molecule has 0 N–H and O–H groups in total. The molecule has 5 nitrogen and oxygen atoms in total. The van der Waals surface area contributed by atoms with E-state index in [0.29, 0.717) is 0 Å². The normalized spacial score (nSPS) is 10.5. The number of hydrogen-bond acceptors (Lipinski definition) is 4. The number of hydrogen-bond donors (Lipinski definition) is 0. The molecule has 2 aromatic heterocycles. The Morgan fingerprint density at radius 3 is 2.53 bits per heavy atom. The van der Waals surface area contributed by atoms with Crippen LogP contribution in [-0.4, -0.2) is 33.6 Å². The second kappa shape index (κ2) is 5.22. The lowest BCUT2D eigenvalue weighted by Crippen LogP contribution is -2.20. The summed E-state index contributed by atoms with van der Waals surface area (Å²) in [5, 5.41) is 12.9. The van der Waals surface area contributed by atoms with Gasteiger partial charge in [0, 0.05) is 19.3 Å². The molecule has 0 atom stereocenters. The maximum Gasteiger partial charge on any atom is 0.176 e. The van der Waals surface area contributed by atoms with Crippen LogP contribution in [0.5, 0.6) is 0 Å². The van der Waals surface area contributed by atoms with Crippen LogP contribution in [0.4, 0.5) is 5.82 Å². The first kappa shape index (κ1) is 13.3. The summed E-state index contributed by atoms with van der Waals surface area (Å²) in [6.45, 7) is 10.6. The zero-order valence-corrected chi connectivity index (χ0v) is 11.9. The highest BCUT2D eigenvalue weighted by atomic mass is 15.4. The second-order valence-corrected chi connectivity index (χ2v) is 4.90. The maximum atomic E-state index is 4.39. The Bertz CT molecular complexity index is 582. The summed E-state index contributed by atoms with van der Waals surface area (Å²) in [6, 6.07) is 5.89. The number of anilines is 1. The Kier molecular flexibility index (Phi) is 3.64. The molecular formula is C14H19N5. The minimum absolute atomic E-state index is 0.734. The summed E-state index contributed by atoms with van der Waals surface area (Å²) in [5.74, 6) is 1.56. The fourth-order valence-electron chi connectivity index (χ4n) is 1.98. The Morgan fingerprint density at radius 1 is 1.32 bits per heavy atom. The molecule has 0 aliphatic carbocycles. The van der Waals surface area contributed by atoms with Crippen LogP contribution in [0.25, 0.3) is 5.82 Å². The average Bonchev–Trinajstić information content (AvgIpc) is 2.68. The number of aryl methyl sites for hydroxylation is 2. The van der Waals surface area contributed by atoms with Crippen LogP contribution in [0.3, 0.4) is 0 Å². The van der Waals surface area contributed by atoms with E-state index < -0.39 is 0 Å². The predicted octanol–water partition coefficient (Wildman–Crippen LogP) is 2.29. The Labute approximate surface area is 113 Å². The molecule has 0 unspecified atom stereocenters. The predicted molar refractivity (Wildman–Crippen MR) is 76.7 cm³/mol. The molecule has 0 fully saturated rings. The van der Waals surface area contributed by atoms with Gasteiger partial charge < -0.3 is 4.90 Å². The maximum absolute atomic E-state index is 4.39. The Morgan fingerprint density at radius 2 is 2.05 bits per heavy atom. The van der Waals surface area contributed by atoms with Gasteiger partial charge in [-0.1, -0.05) is 12.2 Å². The molecule has 0 bridgehead atoms. The van der Waals surface area contributed by atoms with Gasteiger partial charge in [-0.15, -0.1) is 10.2 Å². The minimum Gasteiger partial charge on any atom is -0.354 e. The highest BCUT2D eigenvalue weighted by molar-refractivity contribution is 5.40. The van der Waals surface area contributed by atoms with Gasteiger partial charge in [-0.25, -0.2) is 4.68 Å². The van der Waals surface area contributed by atoms with Crippen molar-refractivity contribution in [2.24, 2.45) is 0 Å². The van der Waals surface area contributed by atoms with E-state index in [1.54, 1.807) is 4.68 Å². The molecule has 19 heavy (non-hydrogen) atoms. The van der Waals surface area contributed by atoms with Crippen molar-refractivity contribution in [3.63, 3.8) is 0 Å². The van der Waals surface area contributed by atoms with Crippen LogP contribution in [0.2, 0.25) is 0 Å². The van der Waals surface area contributed by atoms with Crippen LogP contribution in [-0.2, 0) is 0 Å². The third kappa shape index (κ3) is 2.99. The SMILES string of the molecule is C=C(C)CN(C)c1ccc(-n2nc(C)cc2C)nn1. The summed E-state index contributed by atoms with van der Waals surface area (Å²) in [5.41, 5.74) is 3.12. The topological polar surface area (TPSA) is 46.8 Å². The van der Waals surface area contributed by atoms with E-state index in [4.69, 9.17) is 0 Å². The number of likely N-dealkylation sites (N-methyl/N-ethyl adjacent to an activating group) is 1. The lowest BCUT2D eigenvalue weighted by molar-refractivity contribution is 0.776. The summed E-state index contributed by atoms with van der Waals surface area (Å²) in [7, 11) is 1.97. The molecule has 0 aromatic carbocycles. The van der Waals surface area contributed by atoms with Crippen molar-refractivity contribution in [2.75, 3.05) is 18.5 Å². The van der Waals surface area contributed by atoms with Gasteiger partial charge in [-0.05, 0) is 39.0 Å². The summed E-state index contributed by atoms with van der Waals surface area (Å²) < 4.78 is 1.80. The fourth-order valence-corrected chi connectivity index (χ4v) is 1.98. The largest absolute Gasteiger partial charge is 0.354 e. The first-order chi connectivity index (χ1) is 8.97. The third-order valence-electron chi connectivity index (χ3n) is 2.76. The van der Waals surface area contributed by atoms with E-state index in [0.717, 1.165) is 35.1 Å². The highest BCUT2D eigenvalue weighted by Gasteiger charge is 2.07. The molecule has 0 spiro atoms. The van der Waals surface area contributed by atoms with Crippen LogP contribution in [0.1, 0.15) is 18.3 Å². The zero-order chi connectivity index (χ0) is 14.0. The summed E-state index contributed by atoms with van der Waals surface area (Å²) >= 11 is 0. The van der Waals surface area contributed by atoms with Gasteiger partial charge in [0.1, 0.15) is 0 Å². The summed E-state index contributed by atoms with van der Waals surface area (Å²) in [6.07, 6.45) is 0. The van der Waals surface area contributed by atoms with Crippen molar-refractivity contribution >= 4 is 5.82 Å². The minimum atomic E-state index is 0.734. The van der Waals surface area contributed by atoms with E-state index >= 15 is 0 Å². The van der Waals surface area contributed by atoms with Gasteiger partial charge in [-0.2, -0.15) is 5.10 Å². The first-order valence-electron chi connectivity index (χ1n) is 6.20. The van der Waals surface area contributed by atoms with Gasteiger partial charge in [0.2, 0.25) is 0 Å². The standard InChI is InChI=1S/C14H19N5/c1-10(2)9-18(5)13-6-7-14(16-15-13)19-12(4)8-11(3)17-19/h6-8H,1,9H2,2-5H3. The Hall–Kier alpha value is -2.17. The van der Waals surface area contributed by atoms with E-state index in [-0.39, 0.29) is 0 Å². The quantitative estimate of drug-likeness (QED) is 0.788. The van der Waals surface area contributed by atoms with Crippen LogP contribution in [0, 0.1) is 13.8 Å². The van der Waals surface area contributed by atoms with E-state index in [2.05, 4.69) is 21.9 Å². The van der Waals surface area contributed by atoms with Crippen LogP contribution >= 0.6 is 0 Å². The number of rotatable bonds is 4. The molecule has 5 heteroatoms. The van der Waals surface area contributed by atoms with Crippen molar-refractivity contribution in [3.8, 4) is 5.82 Å². The number of aromatic nitrogens is 4. The van der Waals surface area contributed by atoms with Gasteiger partial charge in [0.25, 0.3) is 0 Å². The molecule has 2 rings (SSSR count). The van der Waals surface area contributed by atoms with Crippen LogP contribution in [0.15, 0.2) is 30.4 Å². The first-order valence-corrected chi connectivity index (χ1v) is 6.20. The molecule has 0 saturated carbocycles. The van der Waals surface area contributed by atoms with Crippen molar-refractivity contribution < 1.29 is 0 Å². The van der Waals surface area contributed by atoms with E-state index in [9.17, 15) is 0 Å². The molecular weight excluding hydrogens is 238 g/mol. The summed E-state index contributed by atoms with van der Waals surface area (Å²) in [4.78, 5) is 2.01. The average molecular weight is 257 g/mol. The number of nitrogens with zero attached hydrogens (tertiary/aromatic N) is 5. The third-order valence-corrected chi connectivity index (χ3v) is 2.76. The lowest BCUT2D eigenvalue weighted by Gasteiger charge is -2.17. The highest BCUT2D eigenvalue weighted by Crippen LogP contribution is 2.13. The van der Waals surface area contributed by atoms with Crippen LogP contribution < -0.4 is 4.90 Å². The smallest absolute Gasteiger partial charge is 0.176 e. The molecule has 0 saturated heterocycles. The van der Waals surface area contributed by atoms with Gasteiger partial charge in [0.05, 0.1) is 5.69 Å². The molecule has 0 amide bonds. The Balaban J connectivity index is 2.23. The van der Waals surface area contributed by atoms with Crippen molar-refractivity contribution in [3.05, 3.63) is 41.7 Å². The van der Waals surface area contributed by atoms with Crippen molar-refractivity contribution in [2.45, 2.75) is 20.8 Å². The monoisotopic (exact) mass is 257 g/mol. The van der Waals surface area contributed by atoms with Crippen molar-refractivity contribution in [1.29, 1.82) is 0 Å². The molecule has 0 radical (unpaired) electrons. The fraction of sp³-hybridized carbons (Fsp3) is 0.357. The molecule has 2 aromatic rings. The lowest BCUT2D eigenvalue weighted by atomic mass is 10.3. The van der Waals surface area contributed by atoms with Crippen molar-refractivity contribution in [1.82, 2.24) is 20.0 Å². The van der Waals surface area contributed by atoms with Gasteiger partial charge in [-0.3, -0.25) is 0 Å². The molecule has 0 aliphatic heterocycles. The van der Waals surface area contributed by atoms with Gasteiger partial charge >= 0.3 is 0 Å². The second-order valence-electron chi connectivity index (χ2n) is 4.90. The zero-order valence-electron chi connectivity index (χ0n) is 11.9. The molecule has 100 valence electrons. The molecule has 2 heterocycles. The van der Waals surface area contributed by atoms with E-state index in [1.165, 1.54) is 0 Å². The molecule has 0 aliphatic rings. The van der Waals surface area contributed by atoms with E-state index in [1.807, 2.05) is 50.9 Å². The van der Waals surface area contributed by atoms with Gasteiger partial charge in [0.15, 0.2) is 11.6 Å².